The summed E-state index contributed by atoms with van der Waals surface area (Å²) < 4.78 is 61.1. The average Bonchev–Trinajstić information content (AvgIpc) is 2.74. The van der Waals surface area contributed by atoms with Crippen molar-refractivity contribution in [3.8, 4) is 5.75 Å². The number of aliphatic hydroxyl groups is 1. The predicted octanol–water partition coefficient (Wildman–Crippen LogP) is 4.56. The number of alkyl halides is 3. The molecule has 2 aromatic rings. The quantitative estimate of drug-likeness (QED) is 0.371. The molecule has 0 radical (unpaired) electrons. The summed E-state index contributed by atoms with van der Waals surface area (Å²) in [6.45, 7) is -0.458. The first-order valence-electron chi connectivity index (χ1n) is 9.48. The van der Waals surface area contributed by atoms with Crippen molar-refractivity contribution in [3.05, 3.63) is 65.2 Å². The third-order valence-corrected chi connectivity index (χ3v) is 4.93. The van der Waals surface area contributed by atoms with Crippen LogP contribution in [0.1, 0.15) is 29.5 Å². The van der Waals surface area contributed by atoms with E-state index in [1.807, 2.05) is 30.3 Å². The van der Waals surface area contributed by atoms with E-state index < -0.39 is 32.6 Å². The summed E-state index contributed by atoms with van der Waals surface area (Å²) in [6.07, 6.45) is -2.91. The van der Waals surface area contributed by atoms with E-state index in [0.29, 0.717) is 18.4 Å². The van der Waals surface area contributed by atoms with Gasteiger partial charge in [0.25, 0.3) is 0 Å². The third kappa shape index (κ3) is 7.69. The maximum atomic E-state index is 13.5. The molecule has 5 nitrogen and oxygen atoms in total. The second-order valence-electron chi connectivity index (χ2n) is 7.13. The minimum Gasteiger partial charge on any atom is -0.493 e. The molecule has 0 bridgehead atoms. The van der Waals surface area contributed by atoms with Gasteiger partial charge >= 0.3 is 14.9 Å². The molecular weight excluding hydrogens is 418 g/mol. The lowest BCUT2D eigenvalue weighted by Crippen LogP contribution is -2.47. The SMILES string of the molecule is NC(CO)(CCc1ccc(OCCCc2ccccc2)c(C(F)(F)F)c1)COP=O. The summed E-state index contributed by atoms with van der Waals surface area (Å²) in [5, 5.41) is 9.41. The van der Waals surface area contributed by atoms with Crippen molar-refractivity contribution in [3.63, 3.8) is 0 Å². The van der Waals surface area contributed by atoms with Crippen molar-refractivity contribution in [1.29, 1.82) is 0 Å². The largest absolute Gasteiger partial charge is 0.493 e. The summed E-state index contributed by atoms with van der Waals surface area (Å²) in [5.41, 5.74) is 5.41. The zero-order valence-corrected chi connectivity index (χ0v) is 17.3. The number of rotatable bonds is 12. The Balaban J connectivity index is 2.01. The number of ether oxygens (including phenoxy) is 1. The van der Waals surface area contributed by atoms with Gasteiger partial charge in [0.15, 0.2) is 0 Å². The van der Waals surface area contributed by atoms with Gasteiger partial charge in [-0.25, -0.2) is 4.57 Å². The minimum atomic E-state index is -4.56. The Kier molecular flexibility index (Phi) is 9.24. The van der Waals surface area contributed by atoms with Crippen molar-refractivity contribution < 1.29 is 32.1 Å². The van der Waals surface area contributed by atoms with Crippen molar-refractivity contribution >= 4 is 8.69 Å². The Morgan fingerprint density at radius 3 is 2.40 bits per heavy atom. The highest BCUT2D eigenvalue weighted by Crippen LogP contribution is 2.37. The Morgan fingerprint density at radius 1 is 1.03 bits per heavy atom. The van der Waals surface area contributed by atoms with E-state index in [1.54, 1.807) is 6.07 Å². The van der Waals surface area contributed by atoms with Crippen LogP contribution in [0.15, 0.2) is 48.5 Å². The first kappa shape index (κ1) is 24.3. The van der Waals surface area contributed by atoms with Crippen LogP contribution in [0.4, 0.5) is 13.2 Å². The molecule has 0 saturated heterocycles. The molecule has 0 aliphatic heterocycles. The number of nitrogens with two attached hydrogens (primary N) is 1. The van der Waals surface area contributed by atoms with Gasteiger partial charge in [0.05, 0.1) is 30.9 Å². The van der Waals surface area contributed by atoms with Gasteiger partial charge in [-0.15, -0.1) is 0 Å². The van der Waals surface area contributed by atoms with Gasteiger partial charge in [0.2, 0.25) is 0 Å². The van der Waals surface area contributed by atoms with E-state index in [0.717, 1.165) is 11.6 Å². The third-order valence-electron chi connectivity index (χ3n) is 4.69. The normalized spacial score (nSPS) is 13.9. The van der Waals surface area contributed by atoms with Gasteiger partial charge in [-0.3, -0.25) is 4.52 Å². The highest BCUT2D eigenvalue weighted by atomic mass is 31.1. The smallest absolute Gasteiger partial charge is 0.419 e. The summed E-state index contributed by atoms with van der Waals surface area (Å²) in [7, 11) is -0.574. The molecule has 3 N–H and O–H groups in total. The van der Waals surface area contributed by atoms with Crippen LogP contribution < -0.4 is 10.5 Å². The summed E-state index contributed by atoms with van der Waals surface area (Å²) in [4.78, 5) is 0. The fraction of sp³-hybridized carbons (Fsp3) is 0.429. The molecule has 30 heavy (non-hydrogen) atoms. The predicted molar refractivity (Wildman–Crippen MR) is 108 cm³/mol. The van der Waals surface area contributed by atoms with Crippen molar-refractivity contribution in [2.75, 3.05) is 19.8 Å². The van der Waals surface area contributed by atoms with Gasteiger partial charge in [-0.2, -0.15) is 13.2 Å². The van der Waals surface area contributed by atoms with E-state index in [9.17, 15) is 22.8 Å². The topological polar surface area (TPSA) is 81.8 Å². The van der Waals surface area contributed by atoms with Crippen LogP contribution in [0, 0.1) is 0 Å². The van der Waals surface area contributed by atoms with Crippen molar-refractivity contribution in [2.24, 2.45) is 5.73 Å². The molecule has 0 aromatic heterocycles. The lowest BCUT2D eigenvalue weighted by Gasteiger charge is -2.25. The lowest BCUT2D eigenvalue weighted by molar-refractivity contribution is -0.139. The van der Waals surface area contributed by atoms with Crippen LogP contribution >= 0.6 is 8.69 Å². The van der Waals surface area contributed by atoms with E-state index in [1.165, 1.54) is 6.07 Å². The second kappa shape index (κ2) is 11.4. The Hall–Kier alpha value is -1.99. The molecule has 0 heterocycles. The number of benzene rings is 2. The van der Waals surface area contributed by atoms with Crippen LogP contribution in [-0.4, -0.2) is 30.5 Å². The first-order valence-corrected chi connectivity index (χ1v) is 10.2. The number of aliphatic hydroxyl groups excluding tert-OH is 1. The van der Waals surface area contributed by atoms with E-state index in [2.05, 4.69) is 0 Å². The minimum absolute atomic E-state index is 0.160. The zero-order valence-electron chi connectivity index (χ0n) is 16.4. The number of aryl methyl sites for hydroxylation is 2. The molecular formula is C21H25F3NO4P. The average molecular weight is 443 g/mol. The van der Waals surface area contributed by atoms with Crippen molar-refractivity contribution in [1.82, 2.24) is 0 Å². The maximum absolute atomic E-state index is 13.5. The van der Waals surface area contributed by atoms with Gasteiger partial charge in [0.1, 0.15) is 5.75 Å². The van der Waals surface area contributed by atoms with Crippen LogP contribution in [0.25, 0.3) is 0 Å². The number of hydrogen-bond acceptors (Lipinski definition) is 5. The molecule has 2 aromatic carbocycles. The Morgan fingerprint density at radius 2 is 1.77 bits per heavy atom. The molecule has 0 saturated carbocycles. The van der Waals surface area contributed by atoms with Gasteiger partial charge in [-0.05, 0) is 48.9 Å². The molecule has 164 valence electrons. The fourth-order valence-electron chi connectivity index (χ4n) is 2.93. The van der Waals surface area contributed by atoms with E-state index >= 15 is 0 Å². The summed E-state index contributed by atoms with van der Waals surface area (Å²) >= 11 is 0. The Labute approximate surface area is 175 Å². The van der Waals surface area contributed by atoms with Gasteiger partial charge in [0, 0.05) is 0 Å². The van der Waals surface area contributed by atoms with Crippen molar-refractivity contribution in [2.45, 2.75) is 37.4 Å². The zero-order chi connectivity index (χ0) is 22.0. The van der Waals surface area contributed by atoms with E-state index in [-0.39, 0.29) is 31.8 Å². The molecule has 0 amide bonds. The van der Waals surface area contributed by atoms with Crippen LogP contribution in [0.3, 0.4) is 0 Å². The molecule has 0 fully saturated rings. The highest BCUT2D eigenvalue weighted by molar-refractivity contribution is 7.17. The number of halogens is 3. The summed E-state index contributed by atoms with van der Waals surface area (Å²) in [6, 6.07) is 13.5. The van der Waals surface area contributed by atoms with Crippen LogP contribution in [0.2, 0.25) is 0 Å². The van der Waals surface area contributed by atoms with Gasteiger partial charge < -0.3 is 15.6 Å². The number of hydrogen-bond donors (Lipinski definition) is 2. The molecule has 1 unspecified atom stereocenters. The molecule has 9 heteroatoms. The molecule has 0 aliphatic rings. The second-order valence-corrected chi connectivity index (χ2v) is 7.54. The molecule has 1 atom stereocenters. The first-order chi connectivity index (χ1) is 14.3. The monoisotopic (exact) mass is 443 g/mol. The fourth-order valence-corrected chi connectivity index (χ4v) is 3.24. The lowest BCUT2D eigenvalue weighted by atomic mass is 9.93. The van der Waals surface area contributed by atoms with E-state index in [4.69, 9.17) is 15.0 Å². The molecule has 0 spiro atoms. The highest BCUT2D eigenvalue weighted by Gasteiger charge is 2.35. The molecule has 0 aliphatic carbocycles. The van der Waals surface area contributed by atoms with Crippen LogP contribution in [0.5, 0.6) is 5.75 Å². The Bertz CT molecular complexity index is 805. The van der Waals surface area contributed by atoms with Crippen LogP contribution in [-0.2, 0) is 28.1 Å². The van der Waals surface area contributed by atoms with Gasteiger partial charge in [-0.1, -0.05) is 36.4 Å². The maximum Gasteiger partial charge on any atom is 0.419 e. The summed E-state index contributed by atoms with van der Waals surface area (Å²) in [5.74, 6) is -0.214. The standard InChI is InChI=1S/C21H25F3NO4P/c22-21(23,24)18-13-17(10-11-20(25,14-26)15-29-30-27)8-9-19(18)28-12-4-7-16-5-2-1-3-6-16/h1-3,5-6,8-9,13,26H,4,7,10-12,14-15,25H2. The molecule has 2 rings (SSSR count).